The van der Waals surface area contributed by atoms with Gasteiger partial charge in [0, 0.05) is 5.39 Å². The van der Waals surface area contributed by atoms with Crippen LogP contribution in [-0.2, 0) is 4.79 Å². The summed E-state index contributed by atoms with van der Waals surface area (Å²) in [6, 6.07) is 11.1. The van der Waals surface area contributed by atoms with E-state index in [-0.39, 0.29) is 0 Å². The number of aliphatic hydroxyl groups excluding tert-OH is 1. The average molecular weight is 235 g/mol. The lowest BCUT2D eigenvalue weighted by molar-refractivity contribution is -0.141. The third-order valence-electron chi connectivity index (χ3n) is 2.02. The van der Waals surface area contributed by atoms with Gasteiger partial charge in [0.15, 0.2) is 0 Å². The van der Waals surface area contributed by atoms with E-state index in [9.17, 15) is 9.90 Å². The summed E-state index contributed by atoms with van der Waals surface area (Å²) in [7, 11) is 0. The number of benzene rings is 1. The van der Waals surface area contributed by atoms with Crippen LogP contribution >= 0.6 is 11.8 Å². The topological polar surface area (TPSA) is 70.4 Å². The summed E-state index contributed by atoms with van der Waals surface area (Å²) in [4.78, 5) is 14.7. The maximum absolute atomic E-state index is 10.5. The van der Waals surface area contributed by atoms with Gasteiger partial charge in [-0.1, -0.05) is 36.0 Å². The van der Waals surface area contributed by atoms with Crippen molar-refractivity contribution >= 4 is 28.6 Å². The quantitative estimate of drug-likeness (QED) is 0.626. The molecule has 0 amide bonds. The highest BCUT2D eigenvalue weighted by atomic mass is 32.2. The second-order valence-electron chi connectivity index (χ2n) is 3.15. The number of fused-ring (bicyclic) bond motifs is 1. The zero-order chi connectivity index (χ0) is 11.5. The molecule has 1 atom stereocenters. The Balaban J connectivity index is 2.29. The third-order valence-corrected chi connectivity index (χ3v) is 2.91. The van der Waals surface area contributed by atoms with Gasteiger partial charge in [-0.2, -0.15) is 0 Å². The largest absolute Gasteiger partial charge is 0.479 e. The van der Waals surface area contributed by atoms with Crippen molar-refractivity contribution in [1.82, 2.24) is 4.98 Å². The molecule has 2 N–H and O–H groups in total. The van der Waals surface area contributed by atoms with Crippen molar-refractivity contribution in [3.63, 3.8) is 0 Å². The van der Waals surface area contributed by atoms with E-state index in [1.165, 1.54) is 0 Å². The second-order valence-corrected chi connectivity index (χ2v) is 4.25. The molecule has 0 fully saturated rings. The molecule has 1 unspecified atom stereocenters. The summed E-state index contributed by atoms with van der Waals surface area (Å²) in [5.41, 5.74) is -0.696. The molecular formula is C11H9NO3S. The minimum Gasteiger partial charge on any atom is -0.479 e. The zero-order valence-corrected chi connectivity index (χ0v) is 9.02. The molecule has 4 nitrogen and oxygen atoms in total. The van der Waals surface area contributed by atoms with Crippen LogP contribution in [0.1, 0.15) is 0 Å². The van der Waals surface area contributed by atoms with Gasteiger partial charge in [-0.15, -0.1) is 0 Å². The van der Waals surface area contributed by atoms with E-state index >= 15 is 0 Å². The van der Waals surface area contributed by atoms with E-state index in [0.717, 1.165) is 22.7 Å². The molecule has 0 saturated carbocycles. The van der Waals surface area contributed by atoms with Gasteiger partial charge in [0.05, 0.1) is 10.5 Å². The fraction of sp³-hybridized carbons (Fsp3) is 0.0909. The van der Waals surface area contributed by atoms with Crippen molar-refractivity contribution in [2.45, 2.75) is 10.5 Å². The number of thioether (sulfide) groups is 1. The Morgan fingerprint density at radius 1 is 1.25 bits per heavy atom. The van der Waals surface area contributed by atoms with Crippen LogP contribution in [0.15, 0.2) is 41.4 Å². The minimum atomic E-state index is -1.48. The number of aliphatic carboxylic acids is 1. The van der Waals surface area contributed by atoms with E-state index in [0.29, 0.717) is 5.03 Å². The summed E-state index contributed by atoms with van der Waals surface area (Å²) in [6.07, 6.45) is 0. The first kappa shape index (κ1) is 10.9. The van der Waals surface area contributed by atoms with Gasteiger partial charge in [0.2, 0.25) is 5.44 Å². The maximum Gasteiger partial charge on any atom is 0.343 e. The van der Waals surface area contributed by atoms with E-state index in [1.807, 2.05) is 30.3 Å². The summed E-state index contributed by atoms with van der Waals surface area (Å²) in [5.74, 6) is -1.26. The number of carbonyl (C=O) groups is 1. The molecule has 0 saturated heterocycles. The number of carboxylic acid groups (broad SMARTS) is 1. The van der Waals surface area contributed by atoms with Crippen LogP contribution in [-0.4, -0.2) is 26.6 Å². The van der Waals surface area contributed by atoms with Crippen LogP contribution in [0.5, 0.6) is 0 Å². The second kappa shape index (κ2) is 4.51. The minimum absolute atomic E-state index is 0.494. The molecule has 5 heteroatoms. The molecule has 0 radical (unpaired) electrons. The predicted molar refractivity (Wildman–Crippen MR) is 61.2 cm³/mol. The van der Waals surface area contributed by atoms with Crippen LogP contribution in [0.4, 0.5) is 0 Å². The highest BCUT2D eigenvalue weighted by Crippen LogP contribution is 2.22. The Morgan fingerprint density at radius 3 is 2.75 bits per heavy atom. The Labute approximate surface area is 95.9 Å². The van der Waals surface area contributed by atoms with Crippen molar-refractivity contribution in [1.29, 1.82) is 0 Å². The van der Waals surface area contributed by atoms with E-state index in [2.05, 4.69) is 4.98 Å². The maximum atomic E-state index is 10.5. The van der Waals surface area contributed by atoms with Gasteiger partial charge in [-0.3, -0.25) is 0 Å². The van der Waals surface area contributed by atoms with Crippen molar-refractivity contribution in [3.05, 3.63) is 36.4 Å². The first-order valence-electron chi connectivity index (χ1n) is 4.60. The van der Waals surface area contributed by atoms with Crippen molar-refractivity contribution in [2.75, 3.05) is 0 Å². The van der Waals surface area contributed by atoms with Crippen molar-refractivity contribution in [2.24, 2.45) is 0 Å². The van der Waals surface area contributed by atoms with Crippen LogP contribution in [0.3, 0.4) is 0 Å². The molecular weight excluding hydrogens is 226 g/mol. The third kappa shape index (κ3) is 2.32. The number of pyridine rings is 1. The van der Waals surface area contributed by atoms with Crippen LogP contribution in [0.2, 0.25) is 0 Å². The number of para-hydroxylation sites is 1. The Morgan fingerprint density at radius 2 is 2.00 bits per heavy atom. The number of aliphatic hydroxyl groups is 1. The Kier molecular flexibility index (Phi) is 3.07. The molecule has 0 aliphatic rings. The fourth-order valence-electron chi connectivity index (χ4n) is 1.28. The Bertz CT molecular complexity index is 529. The Hall–Kier alpha value is -1.59. The van der Waals surface area contributed by atoms with Crippen molar-refractivity contribution < 1.29 is 15.0 Å². The molecule has 1 aromatic heterocycles. The molecule has 0 spiro atoms. The van der Waals surface area contributed by atoms with Gasteiger partial charge in [0.25, 0.3) is 0 Å². The highest BCUT2D eigenvalue weighted by molar-refractivity contribution is 8.00. The molecule has 2 aromatic rings. The summed E-state index contributed by atoms with van der Waals surface area (Å²) in [6.45, 7) is 0. The van der Waals surface area contributed by atoms with E-state index < -0.39 is 11.4 Å². The van der Waals surface area contributed by atoms with Crippen LogP contribution in [0.25, 0.3) is 10.9 Å². The number of aromatic nitrogens is 1. The highest BCUT2D eigenvalue weighted by Gasteiger charge is 2.15. The number of carboxylic acids is 1. The van der Waals surface area contributed by atoms with Crippen LogP contribution in [0, 0.1) is 0 Å². The molecule has 82 valence electrons. The van der Waals surface area contributed by atoms with E-state index in [4.69, 9.17) is 5.11 Å². The van der Waals surface area contributed by atoms with Crippen LogP contribution < -0.4 is 0 Å². The molecule has 0 bridgehead atoms. The lowest BCUT2D eigenvalue weighted by atomic mass is 10.2. The normalized spacial score (nSPS) is 12.6. The molecule has 16 heavy (non-hydrogen) atoms. The molecule has 1 heterocycles. The number of rotatable bonds is 3. The predicted octanol–water partition coefficient (Wildman–Crippen LogP) is 1.73. The molecule has 0 aliphatic carbocycles. The molecule has 2 rings (SSSR count). The number of hydrogen-bond donors (Lipinski definition) is 2. The smallest absolute Gasteiger partial charge is 0.343 e. The monoisotopic (exact) mass is 235 g/mol. The van der Waals surface area contributed by atoms with E-state index in [1.54, 1.807) is 6.07 Å². The summed E-state index contributed by atoms with van der Waals surface area (Å²) < 4.78 is 0. The van der Waals surface area contributed by atoms with Crippen molar-refractivity contribution in [3.8, 4) is 0 Å². The fourth-order valence-corrected chi connectivity index (χ4v) is 1.90. The molecule has 1 aromatic carbocycles. The number of nitrogens with zero attached hydrogens (tertiary/aromatic N) is 1. The van der Waals surface area contributed by atoms with Gasteiger partial charge in [-0.05, 0) is 12.1 Å². The zero-order valence-electron chi connectivity index (χ0n) is 8.20. The van der Waals surface area contributed by atoms with Gasteiger partial charge < -0.3 is 10.2 Å². The van der Waals surface area contributed by atoms with Gasteiger partial charge >= 0.3 is 5.97 Å². The lowest BCUT2D eigenvalue weighted by Gasteiger charge is -2.05. The lowest BCUT2D eigenvalue weighted by Crippen LogP contribution is -2.14. The summed E-state index contributed by atoms with van der Waals surface area (Å²) in [5, 5.41) is 19.2. The first-order chi connectivity index (χ1) is 7.66. The SMILES string of the molecule is O=C(O)C(O)Sc1ccc2ccccc2n1. The van der Waals surface area contributed by atoms with Gasteiger partial charge in [-0.25, -0.2) is 9.78 Å². The molecule has 0 aliphatic heterocycles. The summed E-state index contributed by atoms with van der Waals surface area (Å²) >= 11 is 0.811. The standard InChI is InChI=1S/C11H9NO3S/c13-10(14)11(15)16-9-6-5-7-3-1-2-4-8(7)12-9/h1-6,11,15H,(H,13,14). The van der Waals surface area contributed by atoms with Gasteiger partial charge in [0.1, 0.15) is 0 Å². The first-order valence-corrected chi connectivity index (χ1v) is 5.48. The number of hydrogen-bond acceptors (Lipinski definition) is 4. The average Bonchev–Trinajstić information content (AvgIpc) is 2.28.